The van der Waals surface area contributed by atoms with Gasteiger partial charge in [-0.3, -0.25) is 0 Å². The molecule has 0 fully saturated rings. The Bertz CT molecular complexity index is 353. The summed E-state index contributed by atoms with van der Waals surface area (Å²) in [5.41, 5.74) is 2.03. The zero-order valence-electron chi connectivity index (χ0n) is 20.8. The fourth-order valence-electron chi connectivity index (χ4n) is 1.15. The maximum absolute atomic E-state index is 6.28. The summed E-state index contributed by atoms with van der Waals surface area (Å²) < 4.78 is 12.6. The molecule has 0 aromatic carbocycles. The van der Waals surface area contributed by atoms with Gasteiger partial charge in [-0.15, -0.1) is 0 Å². The van der Waals surface area contributed by atoms with Crippen LogP contribution in [0.3, 0.4) is 0 Å². The Balaban J connectivity index is -0.000000124. The van der Waals surface area contributed by atoms with E-state index in [9.17, 15) is 0 Å². The Morgan fingerprint density at radius 2 is 0.828 bits per heavy atom. The van der Waals surface area contributed by atoms with Crippen molar-refractivity contribution in [1.29, 1.82) is 0 Å². The number of halogens is 3. The van der Waals surface area contributed by atoms with Crippen molar-refractivity contribution in [3.05, 3.63) is 0 Å². The summed E-state index contributed by atoms with van der Waals surface area (Å²) in [6, 6.07) is 0. The van der Waals surface area contributed by atoms with E-state index in [-0.39, 0.29) is 12.9 Å². The molecule has 0 rings (SSSR count). The van der Waals surface area contributed by atoms with Gasteiger partial charge in [0.2, 0.25) is 7.42 Å². The number of rotatable bonds is 7. The highest BCUT2D eigenvalue weighted by molar-refractivity contribution is 7.33. The third-order valence-electron chi connectivity index (χ3n) is 5.09. The molecule has 2 N–H and O–H groups in total. The molecule has 0 heterocycles. The van der Waals surface area contributed by atoms with E-state index in [2.05, 4.69) is 87.4 Å². The SMILES string of the molecule is C.CC(C)[Si](C)(C)Cl.CC(C)[Si](C)(C)O[SiH](C)O[Si](C)(C)C(C)C.C[SiH](Cl)Cl.O. The molecule has 0 unspecified atom stereocenters. The van der Waals surface area contributed by atoms with Crippen LogP contribution in [0.1, 0.15) is 49.0 Å². The van der Waals surface area contributed by atoms with Crippen LogP contribution >= 0.6 is 33.2 Å². The molecule has 0 aliphatic heterocycles. The highest BCUT2D eigenvalue weighted by atomic mass is 35.7. The fourth-order valence-corrected chi connectivity index (χ4v) is 10.8. The maximum Gasteiger partial charge on any atom is 0.297 e. The van der Waals surface area contributed by atoms with E-state index in [1.165, 1.54) is 0 Å². The van der Waals surface area contributed by atoms with Crippen LogP contribution in [0.15, 0.2) is 0 Å². The van der Waals surface area contributed by atoms with Crippen molar-refractivity contribution < 1.29 is 13.7 Å². The lowest BCUT2D eigenvalue weighted by Crippen LogP contribution is -2.46. The molecule has 29 heavy (non-hydrogen) atoms. The van der Waals surface area contributed by atoms with Crippen molar-refractivity contribution in [3.63, 3.8) is 0 Å². The van der Waals surface area contributed by atoms with Crippen LogP contribution in [0.4, 0.5) is 0 Å². The predicted octanol–water partition coefficient (Wildman–Crippen LogP) is 8.07. The molecule has 0 aromatic heterocycles. The van der Waals surface area contributed by atoms with Crippen LogP contribution < -0.4 is 0 Å². The summed E-state index contributed by atoms with van der Waals surface area (Å²) in [5, 5.41) is 0. The highest BCUT2D eigenvalue weighted by Crippen LogP contribution is 2.26. The molecular formula is C18H53Cl3O3Si5. The minimum absolute atomic E-state index is 0. The zero-order chi connectivity index (χ0) is 22.8. The van der Waals surface area contributed by atoms with E-state index < -0.39 is 40.7 Å². The lowest BCUT2D eigenvalue weighted by atomic mass is 10.6. The summed E-state index contributed by atoms with van der Waals surface area (Å²) in [5.74, 6) is 0. The minimum Gasteiger partial charge on any atom is -0.438 e. The molecule has 0 aromatic rings. The van der Waals surface area contributed by atoms with Crippen LogP contribution in [0, 0.1) is 0 Å². The van der Waals surface area contributed by atoms with Gasteiger partial charge < -0.3 is 13.7 Å². The molecule has 184 valence electrons. The van der Waals surface area contributed by atoms with Crippen molar-refractivity contribution >= 4 is 74.0 Å². The molecule has 0 radical (unpaired) electrons. The quantitative estimate of drug-likeness (QED) is 0.232. The summed E-state index contributed by atoms with van der Waals surface area (Å²) in [6.45, 7) is 31.0. The third kappa shape index (κ3) is 26.0. The molecule has 0 saturated heterocycles. The predicted molar refractivity (Wildman–Crippen MR) is 154 cm³/mol. The first-order valence-electron chi connectivity index (χ1n) is 9.99. The summed E-state index contributed by atoms with van der Waals surface area (Å²) in [6.07, 6.45) is 0. The van der Waals surface area contributed by atoms with Crippen LogP contribution in [0.5, 0.6) is 0 Å². The lowest BCUT2D eigenvalue weighted by Gasteiger charge is -2.35. The van der Waals surface area contributed by atoms with E-state index in [0.29, 0.717) is 16.6 Å². The smallest absolute Gasteiger partial charge is 0.297 e. The minimum atomic E-state index is -1.52. The van der Waals surface area contributed by atoms with E-state index in [0.717, 1.165) is 0 Å². The van der Waals surface area contributed by atoms with E-state index in [1.807, 2.05) is 6.55 Å². The summed E-state index contributed by atoms with van der Waals surface area (Å²) in [4.78, 5) is 0. The molecule has 0 bridgehead atoms. The monoisotopic (exact) mass is 562 g/mol. The van der Waals surface area contributed by atoms with E-state index >= 15 is 0 Å². The van der Waals surface area contributed by atoms with Gasteiger partial charge in [0.1, 0.15) is 0 Å². The van der Waals surface area contributed by atoms with Gasteiger partial charge in [0.25, 0.3) is 9.28 Å². The first-order chi connectivity index (χ1) is 11.7. The Labute approximate surface area is 204 Å². The van der Waals surface area contributed by atoms with Crippen LogP contribution in [-0.4, -0.2) is 46.2 Å². The Morgan fingerprint density at radius 1 is 0.655 bits per heavy atom. The average Bonchev–Trinajstić information content (AvgIpc) is 2.35. The third-order valence-corrected chi connectivity index (χ3v) is 22.2. The van der Waals surface area contributed by atoms with Gasteiger partial charge in [-0.2, -0.15) is 33.2 Å². The number of hydrogen-bond donors (Lipinski definition) is 0. The summed E-state index contributed by atoms with van der Waals surface area (Å²) in [7, 11) is -6.94. The van der Waals surface area contributed by atoms with Gasteiger partial charge in [0, 0.05) is 0 Å². The Kier molecular flexibility index (Phi) is 25.9. The van der Waals surface area contributed by atoms with E-state index in [1.54, 1.807) is 0 Å². The normalized spacial score (nSPS) is 12.2. The van der Waals surface area contributed by atoms with Crippen molar-refractivity contribution in [2.24, 2.45) is 0 Å². The van der Waals surface area contributed by atoms with Crippen LogP contribution in [0.25, 0.3) is 0 Å². The maximum atomic E-state index is 6.28. The van der Waals surface area contributed by atoms with Crippen LogP contribution in [0.2, 0.25) is 69.0 Å². The second-order valence-electron chi connectivity index (χ2n) is 9.56. The second kappa shape index (κ2) is 18.3. The molecule has 0 atom stereocenters. The molecule has 0 saturated carbocycles. The van der Waals surface area contributed by atoms with Crippen LogP contribution in [-0.2, 0) is 8.23 Å². The molecule has 0 amide bonds. The van der Waals surface area contributed by atoms with Gasteiger partial charge in [-0.25, -0.2) is 0 Å². The molecule has 0 aliphatic rings. The van der Waals surface area contributed by atoms with Gasteiger partial charge in [-0.1, -0.05) is 62.1 Å². The van der Waals surface area contributed by atoms with Crippen molar-refractivity contribution in [3.8, 4) is 0 Å². The Morgan fingerprint density at radius 3 is 0.931 bits per heavy atom. The van der Waals surface area contributed by atoms with E-state index in [4.69, 9.17) is 41.5 Å². The molecule has 11 heteroatoms. The van der Waals surface area contributed by atoms with Gasteiger partial charge in [-0.05, 0) is 55.9 Å². The molecule has 3 nitrogen and oxygen atoms in total. The summed E-state index contributed by atoms with van der Waals surface area (Å²) >= 11 is 16.4. The first-order valence-corrected chi connectivity index (χ1v) is 26.8. The average molecular weight is 564 g/mol. The van der Waals surface area contributed by atoms with Crippen molar-refractivity contribution in [2.75, 3.05) is 0 Å². The number of hydrogen-bond acceptors (Lipinski definition) is 2. The van der Waals surface area contributed by atoms with Gasteiger partial charge >= 0.3 is 0 Å². The molecular weight excluding hydrogens is 511 g/mol. The highest BCUT2D eigenvalue weighted by Gasteiger charge is 2.34. The topological polar surface area (TPSA) is 50.0 Å². The molecule has 0 spiro atoms. The standard InChI is InChI=1S/C11H30O2Si3.C5H13ClSi.CH4Cl2Si.CH4.H2O/c1-10(2)15(6,7)12-14(5)13-16(8,9)11(3)4;1-5(2)7(3,4)6;1-4(2)3;;/h10-11,14H,1-9H3;5H,1-4H3;4H,1H3;1H4;1H2. The lowest BCUT2D eigenvalue weighted by molar-refractivity contribution is 0.410. The largest absolute Gasteiger partial charge is 0.438 e. The Hall–Kier alpha value is 1.83. The zero-order valence-corrected chi connectivity index (χ0v) is 28.4. The molecule has 0 aliphatic carbocycles. The second-order valence-corrected chi connectivity index (χ2v) is 34.1. The fraction of sp³-hybridized carbons (Fsp3) is 1.00. The first kappa shape index (κ1) is 41.1. The van der Waals surface area contributed by atoms with Gasteiger partial charge in [0.15, 0.2) is 24.0 Å². The van der Waals surface area contributed by atoms with Crippen molar-refractivity contribution in [1.82, 2.24) is 0 Å². The van der Waals surface area contributed by atoms with Gasteiger partial charge in [0.05, 0.1) is 0 Å². The van der Waals surface area contributed by atoms with Crippen molar-refractivity contribution in [2.45, 2.75) is 118 Å².